The molecule has 0 aromatic carbocycles. The third kappa shape index (κ3) is 2.00. The van der Waals surface area contributed by atoms with Gasteiger partial charge in [0.2, 0.25) is 0 Å². The summed E-state index contributed by atoms with van der Waals surface area (Å²) in [5.41, 5.74) is 0.775. The number of hydrogen-bond donors (Lipinski definition) is 0. The van der Waals surface area contributed by atoms with Crippen molar-refractivity contribution in [3.63, 3.8) is 0 Å². The smallest absolute Gasteiger partial charge is 0.333 e. The van der Waals surface area contributed by atoms with Gasteiger partial charge in [-0.15, -0.1) is 0 Å². The second-order valence-electron chi connectivity index (χ2n) is 6.62. The lowest BCUT2D eigenvalue weighted by molar-refractivity contribution is -0.141. The van der Waals surface area contributed by atoms with Crippen LogP contribution in [0.1, 0.15) is 45.4 Å². The number of rotatable bonds is 4. The van der Waals surface area contributed by atoms with Crippen molar-refractivity contribution in [1.29, 1.82) is 0 Å². The third-order valence-corrected chi connectivity index (χ3v) is 5.33. The SMILES string of the molecule is C=C(C(=O)OCCC)C1C2CC3CC(C2)CC1C3. The standard InChI is InChI=1S/C16H24O2/c1-3-4-18-16(17)10(2)15-13-6-11-5-12(8-13)9-14(15)7-11/h11-15H,2-9H2,1H3. The molecule has 4 aliphatic carbocycles. The summed E-state index contributed by atoms with van der Waals surface area (Å²) < 4.78 is 5.27. The Morgan fingerprint density at radius 2 is 1.67 bits per heavy atom. The zero-order valence-electron chi connectivity index (χ0n) is 11.4. The van der Waals surface area contributed by atoms with Crippen molar-refractivity contribution >= 4 is 5.97 Å². The Hall–Kier alpha value is -0.790. The van der Waals surface area contributed by atoms with E-state index in [4.69, 9.17) is 4.74 Å². The van der Waals surface area contributed by atoms with E-state index in [2.05, 4.69) is 6.58 Å². The van der Waals surface area contributed by atoms with Gasteiger partial charge in [-0.25, -0.2) is 4.79 Å². The molecule has 0 aromatic heterocycles. The molecule has 4 bridgehead atoms. The first-order valence-electron chi connectivity index (χ1n) is 7.55. The van der Waals surface area contributed by atoms with Crippen LogP contribution < -0.4 is 0 Å². The highest BCUT2D eigenvalue weighted by molar-refractivity contribution is 5.88. The maximum atomic E-state index is 12.0. The van der Waals surface area contributed by atoms with Gasteiger partial charge in [0.05, 0.1) is 6.61 Å². The van der Waals surface area contributed by atoms with E-state index in [1.54, 1.807) is 0 Å². The van der Waals surface area contributed by atoms with Gasteiger partial charge in [-0.05, 0) is 68.1 Å². The molecule has 18 heavy (non-hydrogen) atoms. The van der Waals surface area contributed by atoms with Crippen molar-refractivity contribution < 1.29 is 9.53 Å². The average Bonchev–Trinajstić information content (AvgIpc) is 2.34. The summed E-state index contributed by atoms with van der Waals surface area (Å²) in [6, 6.07) is 0. The molecule has 0 amide bonds. The van der Waals surface area contributed by atoms with Crippen LogP contribution in [0.5, 0.6) is 0 Å². The first-order valence-corrected chi connectivity index (χ1v) is 7.55. The molecule has 0 aliphatic heterocycles. The van der Waals surface area contributed by atoms with Crippen molar-refractivity contribution in [1.82, 2.24) is 0 Å². The van der Waals surface area contributed by atoms with Crippen LogP contribution in [-0.2, 0) is 9.53 Å². The second-order valence-corrected chi connectivity index (χ2v) is 6.62. The molecule has 0 N–H and O–H groups in total. The molecule has 0 radical (unpaired) electrons. The Kier molecular flexibility index (Phi) is 3.21. The molecule has 0 atom stereocenters. The lowest BCUT2D eigenvalue weighted by Crippen LogP contribution is -2.46. The highest BCUT2D eigenvalue weighted by Crippen LogP contribution is 2.58. The van der Waals surface area contributed by atoms with Gasteiger partial charge in [-0.2, -0.15) is 0 Å². The number of ether oxygens (including phenoxy) is 1. The van der Waals surface area contributed by atoms with Crippen LogP contribution in [0.2, 0.25) is 0 Å². The fourth-order valence-corrected chi connectivity index (χ4v) is 4.92. The van der Waals surface area contributed by atoms with Crippen molar-refractivity contribution in [3.05, 3.63) is 12.2 Å². The summed E-state index contributed by atoms with van der Waals surface area (Å²) in [6.45, 7) is 6.64. The van der Waals surface area contributed by atoms with Gasteiger partial charge in [0.25, 0.3) is 0 Å². The summed E-state index contributed by atoms with van der Waals surface area (Å²) in [7, 11) is 0. The average molecular weight is 248 g/mol. The molecular weight excluding hydrogens is 224 g/mol. The van der Waals surface area contributed by atoms with Gasteiger partial charge in [0.1, 0.15) is 0 Å². The molecule has 2 heteroatoms. The van der Waals surface area contributed by atoms with E-state index in [-0.39, 0.29) is 5.97 Å². The number of carbonyl (C=O) groups is 1. The van der Waals surface area contributed by atoms with E-state index in [1.165, 1.54) is 32.1 Å². The Labute approximate surface area is 110 Å². The van der Waals surface area contributed by atoms with Gasteiger partial charge in [0, 0.05) is 5.57 Å². The maximum Gasteiger partial charge on any atom is 0.333 e. The van der Waals surface area contributed by atoms with Crippen LogP contribution in [0, 0.1) is 29.6 Å². The Bertz CT molecular complexity index is 330. The predicted molar refractivity (Wildman–Crippen MR) is 70.9 cm³/mol. The molecule has 2 nitrogen and oxygen atoms in total. The van der Waals surface area contributed by atoms with Gasteiger partial charge >= 0.3 is 5.97 Å². The lowest BCUT2D eigenvalue weighted by atomic mass is 9.50. The summed E-state index contributed by atoms with van der Waals surface area (Å²) in [5, 5.41) is 0. The maximum absolute atomic E-state index is 12.0. The number of carbonyl (C=O) groups excluding carboxylic acids is 1. The van der Waals surface area contributed by atoms with Crippen LogP contribution in [0.25, 0.3) is 0 Å². The molecule has 0 saturated heterocycles. The Morgan fingerprint density at radius 1 is 1.11 bits per heavy atom. The minimum Gasteiger partial charge on any atom is -0.462 e. The van der Waals surface area contributed by atoms with E-state index in [0.29, 0.717) is 12.5 Å². The lowest BCUT2D eigenvalue weighted by Gasteiger charge is -2.54. The van der Waals surface area contributed by atoms with Crippen LogP contribution in [-0.4, -0.2) is 12.6 Å². The first kappa shape index (κ1) is 12.3. The first-order chi connectivity index (χ1) is 8.69. The van der Waals surface area contributed by atoms with Gasteiger partial charge in [-0.3, -0.25) is 0 Å². The molecule has 4 rings (SSSR count). The normalized spacial score (nSPS) is 40.8. The van der Waals surface area contributed by atoms with Gasteiger partial charge in [0.15, 0.2) is 0 Å². The Morgan fingerprint density at radius 3 is 2.17 bits per heavy atom. The molecule has 4 fully saturated rings. The van der Waals surface area contributed by atoms with Crippen molar-refractivity contribution in [2.75, 3.05) is 6.61 Å². The monoisotopic (exact) mass is 248 g/mol. The predicted octanol–water partition coefficient (Wildman–Crippen LogP) is 3.57. The highest BCUT2D eigenvalue weighted by atomic mass is 16.5. The fraction of sp³-hybridized carbons (Fsp3) is 0.812. The number of esters is 1. The molecule has 0 spiro atoms. The topological polar surface area (TPSA) is 26.3 Å². The molecule has 0 unspecified atom stereocenters. The summed E-state index contributed by atoms with van der Waals surface area (Å²) in [6.07, 6.45) is 7.66. The Balaban J connectivity index is 1.69. The molecule has 4 saturated carbocycles. The summed E-state index contributed by atoms with van der Waals surface area (Å²) in [5.74, 6) is 3.65. The summed E-state index contributed by atoms with van der Waals surface area (Å²) >= 11 is 0. The quantitative estimate of drug-likeness (QED) is 0.561. The zero-order valence-corrected chi connectivity index (χ0v) is 11.4. The van der Waals surface area contributed by atoms with Crippen LogP contribution in [0.3, 0.4) is 0 Å². The van der Waals surface area contributed by atoms with E-state index >= 15 is 0 Å². The largest absolute Gasteiger partial charge is 0.462 e. The van der Waals surface area contributed by atoms with Crippen molar-refractivity contribution in [2.45, 2.75) is 45.4 Å². The molecule has 100 valence electrons. The minimum atomic E-state index is -0.130. The fourth-order valence-electron chi connectivity index (χ4n) is 4.92. The molecule has 0 aromatic rings. The van der Waals surface area contributed by atoms with E-state index in [9.17, 15) is 4.79 Å². The minimum absolute atomic E-state index is 0.130. The summed E-state index contributed by atoms with van der Waals surface area (Å²) in [4.78, 5) is 12.0. The van der Waals surface area contributed by atoms with Crippen LogP contribution >= 0.6 is 0 Å². The van der Waals surface area contributed by atoms with E-state index in [0.717, 1.165) is 35.7 Å². The van der Waals surface area contributed by atoms with Crippen LogP contribution in [0.4, 0.5) is 0 Å². The van der Waals surface area contributed by atoms with Gasteiger partial charge in [-0.1, -0.05) is 13.5 Å². The number of hydrogen-bond acceptors (Lipinski definition) is 2. The zero-order chi connectivity index (χ0) is 12.7. The van der Waals surface area contributed by atoms with Gasteiger partial charge < -0.3 is 4.74 Å². The molecule has 4 aliphatic rings. The molecule has 0 heterocycles. The van der Waals surface area contributed by atoms with Crippen molar-refractivity contribution in [2.24, 2.45) is 29.6 Å². The third-order valence-electron chi connectivity index (χ3n) is 5.33. The highest BCUT2D eigenvalue weighted by Gasteiger charge is 2.49. The van der Waals surface area contributed by atoms with Crippen LogP contribution in [0.15, 0.2) is 12.2 Å². The molecular formula is C16H24O2. The van der Waals surface area contributed by atoms with E-state index in [1.807, 2.05) is 6.92 Å². The van der Waals surface area contributed by atoms with E-state index < -0.39 is 0 Å². The van der Waals surface area contributed by atoms with Crippen molar-refractivity contribution in [3.8, 4) is 0 Å². The second kappa shape index (κ2) is 4.71.